The summed E-state index contributed by atoms with van der Waals surface area (Å²) in [4.78, 5) is 38.5. The summed E-state index contributed by atoms with van der Waals surface area (Å²) in [6, 6.07) is 0. The third-order valence-electron chi connectivity index (χ3n) is 14.4. The van der Waals surface area contributed by atoms with E-state index in [4.69, 9.17) is 14.2 Å². The van der Waals surface area contributed by atoms with Gasteiger partial charge in [-0.2, -0.15) is 0 Å². The first kappa shape index (κ1) is 76.8. The topological polar surface area (TPSA) is 78.9 Å². The molecule has 0 fully saturated rings. The minimum Gasteiger partial charge on any atom is -0.462 e. The van der Waals surface area contributed by atoms with Gasteiger partial charge in [0.25, 0.3) is 0 Å². The number of hydrogen-bond acceptors (Lipinski definition) is 6. The molecule has 0 amide bonds. The molecular weight excluding hydrogens is 997 g/mol. The van der Waals surface area contributed by atoms with Crippen LogP contribution in [-0.2, 0) is 28.6 Å². The molecule has 0 bridgehead atoms. The Morgan fingerprint density at radius 1 is 0.259 bits per heavy atom. The number of rotatable bonds is 61. The van der Waals surface area contributed by atoms with Crippen molar-refractivity contribution in [1.29, 1.82) is 0 Å². The van der Waals surface area contributed by atoms with E-state index in [1.807, 2.05) is 0 Å². The van der Waals surface area contributed by atoms with E-state index < -0.39 is 6.10 Å². The Morgan fingerprint density at radius 2 is 0.481 bits per heavy atom. The van der Waals surface area contributed by atoms with Crippen LogP contribution in [-0.4, -0.2) is 37.2 Å². The predicted molar refractivity (Wildman–Crippen MR) is 353 cm³/mol. The van der Waals surface area contributed by atoms with Crippen molar-refractivity contribution in [3.8, 4) is 0 Å². The van der Waals surface area contributed by atoms with Crippen LogP contribution < -0.4 is 0 Å². The molecule has 0 saturated heterocycles. The molecule has 0 heterocycles. The van der Waals surface area contributed by atoms with Gasteiger partial charge in [0.2, 0.25) is 0 Å². The van der Waals surface area contributed by atoms with Crippen molar-refractivity contribution >= 4 is 17.9 Å². The summed E-state index contributed by atoms with van der Waals surface area (Å²) in [6.07, 6.45) is 94.9. The van der Waals surface area contributed by atoms with Crippen LogP contribution in [0.3, 0.4) is 0 Å². The van der Waals surface area contributed by atoms with E-state index in [0.717, 1.165) is 135 Å². The number of esters is 3. The standard InChI is InChI=1S/C75H126O6/c1-4-7-10-13-16-19-22-25-28-31-33-35-36-37-38-40-41-44-47-50-53-56-59-62-65-68-74(77)80-71-72(70-79-73(76)67-64-61-58-55-52-49-46-43-30-27-24-21-18-15-12-9-6-3)81-75(78)69-66-63-60-57-54-51-48-45-42-39-34-32-29-26-23-20-17-14-11-8-5-2/h7,9-10,12,16,18-19,21,23,25-28,30,32-35,42,45,72H,4-6,8,11,13-15,17,20,22,24,29,31,36-41,43-44,46-71H2,1-3H3/b10-7-,12-9-,19-16-,21-18-,26-23-,28-25-,30-27-,34-32-,35-33-,45-42-. The van der Waals surface area contributed by atoms with Crippen molar-refractivity contribution in [1.82, 2.24) is 0 Å². The van der Waals surface area contributed by atoms with Gasteiger partial charge < -0.3 is 14.2 Å². The molecular formula is C75H126O6. The fourth-order valence-electron chi connectivity index (χ4n) is 9.40. The Bertz CT molecular complexity index is 1670. The number of unbranched alkanes of at least 4 members (excludes halogenated alkanes) is 30. The molecule has 6 nitrogen and oxygen atoms in total. The van der Waals surface area contributed by atoms with E-state index in [9.17, 15) is 14.4 Å². The number of ether oxygens (including phenoxy) is 3. The molecule has 81 heavy (non-hydrogen) atoms. The number of carbonyl (C=O) groups is 3. The summed E-state index contributed by atoms with van der Waals surface area (Å²) in [5, 5.41) is 0. The van der Waals surface area contributed by atoms with Crippen LogP contribution in [0.25, 0.3) is 0 Å². The molecule has 6 heteroatoms. The number of hydrogen-bond donors (Lipinski definition) is 0. The maximum atomic E-state index is 13.0. The lowest BCUT2D eigenvalue weighted by molar-refractivity contribution is -0.167. The fraction of sp³-hybridized carbons (Fsp3) is 0.693. The zero-order chi connectivity index (χ0) is 58.5. The predicted octanol–water partition coefficient (Wildman–Crippen LogP) is 23.6. The molecule has 0 aromatic heterocycles. The van der Waals surface area contributed by atoms with Crippen LogP contribution >= 0.6 is 0 Å². The van der Waals surface area contributed by atoms with Gasteiger partial charge in [0.15, 0.2) is 6.10 Å². The van der Waals surface area contributed by atoms with E-state index in [1.54, 1.807) is 0 Å². The van der Waals surface area contributed by atoms with Gasteiger partial charge >= 0.3 is 17.9 Å². The van der Waals surface area contributed by atoms with Crippen LogP contribution in [0.2, 0.25) is 0 Å². The Kier molecular flexibility index (Phi) is 64.8. The first-order chi connectivity index (χ1) is 40.0. The second-order valence-electron chi connectivity index (χ2n) is 22.3. The third kappa shape index (κ3) is 66.5. The van der Waals surface area contributed by atoms with Gasteiger partial charge in [-0.15, -0.1) is 0 Å². The minimum absolute atomic E-state index is 0.0890. The molecule has 0 radical (unpaired) electrons. The van der Waals surface area contributed by atoms with E-state index in [0.29, 0.717) is 19.3 Å². The summed E-state index contributed by atoms with van der Waals surface area (Å²) < 4.78 is 17.0. The van der Waals surface area contributed by atoms with Gasteiger partial charge in [0.1, 0.15) is 13.2 Å². The van der Waals surface area contributed by atoms with Gasteiger partial charge in [-0.3, -0.25) is 14.4 Å². The first-order valence-corrected chi connectivity index (χ1v) is 34.0. The maximum Gasteiger partial charge on any atom is 0.306 e. The molecule has 0 aromatic carbocycles. The molecule has 1 atom stereocenters. The highest BCUT2D eigenvalue weighted by Crippen LogP contribution is 2.16. The molecule has 0 aliphatic rings. The summed E-state index contributed by atoms with van der Waals surface area (Å²) in [6.45, 7) is 6.41. The van der Waals surface area contributed by atoms with Gasteiger partial charge in [0.05, 0.1) is 0 Å². The average molecular weight is 1120 g/mol. The second-order valence-corrected chi connectivity index (χ2v) is 22.3. The number of carbonyl (C=O) groups excluding carboxylic acids is 3. The molecule has 0 rings (SSSR count). The van der Waals surface area contributed by atoms with Crippen LogP contribution in [0, 0.1) is 0 Å². The lowest BCUT2D eigenvalue weighted by Crippen LogP contribution is -2.30. The van der Waals surface area contributed by atoms with Crippen molar-refractivity contribution in [2.24, 2.45) is 0 Å². The quantitative estimate of drug-likeness (QED) is 0.0261. The van der Waals surface area contributed by atoms with Crippen molar-refractivity contribution in [2.45, 2.75) is 322 Å². The Labute approximate surface area is 501 Å². The molecule has 462 valence electrons. The molecule has 0 aromatic rings. The monoisotopic (exact) mass is 1120 g/mol. The van der Waals surface area contributed by atoms with Gasteiger partial charge in [0, 0.05) is 19.3 Å². The second kappa shape index (κ2) is 68.3. The van der Waals surface area contributed by atoms with Crippen molar-refractivity contribution in [2.75, 3.05) is 13.2 Å². The number of allylic oxidation sites excluding steroid dienone is 20. The highest BCUT2D eigenvalue weighted by molar-refractivity contribution is 5.71. The minimum atomic E-state index is -0.795. The van der Waals surface area contributed by atoms with Crippen LogP contribution in [0.5, 0.6) is 0 Å². The highest BCUT2D eigenvalue weighted by atomic mass is 16.6. The van der Waals surface area contributed by atoms with Gasteiger partial charge in [-0.1, -0.05) is 290 Å². The largest absolute Gasteiger partial charge is 0.462 e. The SMILES string of the molecule is CC/C=C\C/C=C\C/C=C\C/C=C\CCCCCCCCCCCCCCC(=O)OCC(COC(=O)CCCCCCCCC/C=C\C/C=C\C/C=C\CC)OC(=O)CCCCCCCC/C=C\C/C=C\C/C=C\CCCCCCC. The summed E-state index contributed by atoms with van der Waals surface area (Å²) in [5.74, 6) is -0.904. The van der Waals surface area contributed by atoms with E-state index >= 15 is 0 Å². The molecule has 0 aliphatic heterocycles. The maximum absolute atomic E-state index is 13.0. The van der Waals surface area contributed by atoms with Crippen molar-refractivity contribution < 1.29 is 28.6 Å². The summed E-state index contributed by atoms with van der Waals surface area (Å²) >= 11 is 0. The molecule has 0 N–H and O–H groups in total. The molecule has 0 spiro atoms. The van der Waals surface area contributed by atoms with E-state index in [1.165, 1.54) is 141 Å². The molecule has 1 unspecified atom stereocenters. The lowest BCUT2D eigenvalue weighted by atomic mass is 10.0. The smallest absolute Gasteiger partial charge is 0.306 e. The fourth-order valence-corrected chi connectivity index (χ4v) is 9.40. The average Bonchev–Trinajstić information content (AvgIpc) is 3.47. The Hall–Kier alpha value is -4.19. The normalized spacial score (nSPS) is 12.9. The Morgan fingerprint density at radius 3 is 0.753 bits per heavy atom. The highest BCUT2D eigenvalue weighted by Gasteiger charge is 2.19. The molecule has 0 aliphatic carbocycles. The Balaban J connectivity index is 4.40. The zero-order valence-corrected chi connectivity index (χ0v) is 53.0. The van der Waals surface area contributed by atoms with Crippen LogP contribution in [0.4, 0.5) is 0 Å². The lowest BCUT2D eigenvalue weighted by Gasteiger charge is -2.18. The van der Waals surface area contributed by atoms with Gasteiger partial charge in [-0.05, 0) is 128 Å². The van der Waals surface area contributed by atoms with Crippen molar-refractivity contribution in [3.63, 3.8) is 0 Å². The van der Waals surface area contributed by atoms with Gasteiger partial charge in [-0.25, -0.2) is 0 Å². The van der Waals surface area contributed by atoms with Crippen LogP contribution in [0.1, 0.15) is 316 Å². The van der Waals surface area contributed by atoms with E-state index in [2.05, 4.69) is 142 Å². The summed E-state index contributed by atoms with van der Waals surface area (Å²) in [5.41, 5.74) is 0. The van der Waals surface area contributed by atoms with Crippen molar-refractivity contribution in [3.05, 3.63) is 122 Å². The van der Waals surface area contributed by atoms with Crippen LogP contribution in [0.15, 0.2) is 122 Å². The van der Waals surface area contributed by atoms with E-state index in [-0.39, 0.29) is 31.1 Å². The first-order valence-electron chi connectivity index (χ1n) is 34.0. The third-order valence-corrected chi connectivity index (χ3v) is 14.4. The summed E-state index contributed by atoms with van der Waals surface area (Å²) in [7, 11) is 0. The zero-order valence-electron chi connectivity index (χ0n) is 53.0. The molecule has 0 saturated carbocycles.